The largest absolute Gasteiger partial charge is 0.473 e. The second-order valence-corrected chi connectivity index (χ2v) is 4.92. The van der Waals surface area contributed by atoms with Crippen molar-refractivity contribution in [1.29, 1.82) is 0 Å². The minimum Gasteiger partial charge on any atom is -0.473 e. The molecule has 0 bridgehead atoms. The predicted molar refractivity (Wildman–Crippen MR) is 71.5 cm³/mol. The minimum absolute atomic E-state index is 0.179. The standard InChI is InChI=1S/C15H22O2/c1-5-14(17-15(2,3)4)16-12-11-13-9-7-6-8-10-13/h6-12,14H,5H2,1-4H3. The van der Waals surface area contributed by atoms with E-state index < -0.39 is 0 Å². The molecule has 0 amide bonds. The maximum atomic E-state index is 5.75. The molecule has 1 atom stereocenters. The van der Waals surface area contributed by atoms with Crippen molar-refractivity contribution >= 4 is 6.08 Å². The molecule has 0 saturated heterocycles. The van der Waals surface area contributed by atoms with Crippen molar-refractivity contribution in [3.8, 4) is 0 Å². The number of hydrogen-bond donors (Lipinski definition) is 0. The third kappa shape index (κ3) is 6.12. The predicted octanol–water partition coefficient (Wildman–Crippen LogP) is 4.23. The van der Waals surface area contributed by atoms with E-state index in [-0.39, 0.29) is 11.9 Å². The fraction of sp³-hybridized carbons (Fsp3) is 0.467. The summed E-state index contributed by atoms with van der Waals surface area (Å²) in [5, 5.41) is 0. The third-order valence-corrected chi connectivity index (χ3v) is 2.11. The maximum Gasteiger partial charge on any atom is 0.199 e. The minimum atomic E-state index is -0.185. The summed E-state index contributed by atoms with van der Waals surface area (Å²) in [6.45, 7) is 8.13. The molecule has 0 spiro atoms. The van der Waals surface area contributed by atoms with Gasteiger partial charge in [-0.3, -0.25) is 0 Å². The molecule has 2 nitrogen and oxygen atoms in total. The molecule has 0 heterocycles. The van der Waals surface area contributed by atoms with E-state index in [2.05, 4.69) is 0 Å². The van der Waals surface area contributed by atoms with Crippen LogP contribution in [0.2, 0.25) is 0 Å². The van der Waals surface area contributed by atoms with Gasteiger partial charge in [0.15, 0.2) is 6.29 Å². The van der Waals surface area contributed by atoms with Crippen LogP contribution in [0.1, 0.15) is 39.7 Å². The molecule has 2 heteroatoms. The van der Waals surface area contributed by atoms with E-state index in [1.54, 1.807) is 6.26 Å². The molecule has 0 aliphatic carbocycles. The molecule has 0 saturated carbocycles. The van der Waals surface area contributed by atoms with E-state index in [1.165, 1.54) is 0 Å². The van der Waals surface area contributed by atoms with Crippen LogP contribution in [0.3, 0.4) is 0 Å². The summed E-state index contributed by atoms with van der Waals surface area (Å²) >= 11 is 0. The summed E-state index contributed by atoms with van der Waals surface area (Å²) in [5.74, 6) is 0. The fourth-order valence-electron chi connectivity index (χ4n) is 1.37. The van der Waals surface area contributed by atoms with Gasteiger partial charge in [-0.05, 0) is 32.4 Å². The van der Waals surface area contributed by atoms with Gasteiger partial charge < -0.3 is 9.47 Å². The molecule has 0 aliphatic heterocycles. The average Bonchev–Trinajstić information content (AvgIpc) is 2.27. The Morgan fingerprint density at radius 1 is 1.18 bits per heavy atom. The van der Waals surface area contributed by atoms with Crippen LogP contribution in [0.25, 0.3) is 6.08 Å². The molecule has 0 fully saturated rings. The lowest BCUT2D eigenvalue weighted by molar-refractivity contribution is -0.169. The van der Waals surface area contributed by atoms with Crippen molar-refractivity contribution in [2.24, 2.45) is 0 Å². The second kappa shape index (κ2) is 6.45. The van der Waals surface area contributed by atoms with E-state index in [1.807, 2.05) is 64.1 Å². The number of hydrogen-bond acceptors (Lipinski definition) is 2. The summed E-state index contributed by atoms with van der Waals surface area (Å²) in [4.78, 5) is 0. The van der Waals surface area contributed by atoms with Crippen molar-refractivity contribution in [2.75, 3.05) is 0 Å². The third-order valence-electron chi connectivity index (χ3n) is 2.11. The van der Waals surface area contributed by atoms with Crippen molar-refractivity contribution < 1.29 is 9.47 Å². The zero-order chi connectivity index (χ0) is 12.7. The average molecular weight is 234 g/mol. The molecule has 0 aliphatic rings. The Morgan fingerprint density at radius 3 is 2.35 bits per heavy atom. The molecule has 1 unspecified atom stereocenters. The van der Waals surface area contributed by atoms with Crippen molar-refractivity contribution in [3.63, 3.8) is 0 Å². The van der Waals surface area contributed by atoms with Crippen LogP contribution in [-0.4, -0.2) is 11.9 Å². The molecule has 17 heavy (non-hydrogen) atoms. The van der Waals surface area contributed by atoms with Gasteiger partial charge in [0.25, 0.3) is 0 Å². The lowest BCUT2D eigenvalue weighted by Crippen LogP contribution is -2.27. The Balaban J connectivity index is 2.45. The van der Waals surface area contributed by atoms with Gasteiger partial charge in [0.05, 0.1) is 11.9 Å². The van der Waals surface area contributed by atoms with Gasteiger partial charge in [0, 0.05) is 6.42 Å². The summed E-state index contributed by atoms with van der Waals surface area (Å²) in [5.41, 5.74) is 0.944. The molecule has 1 rings (SSSR count). The topological polar surface area (TPSA) is 18.5 Å². The summed E-state index contributed by atoms with van der Waals surface area (Å²) in [6.07, 6.45) is 4.29. The lowest BCUT2D eigenvalue weighted by Gasteiger charge is -2.25. The highest BCUT2D eigenvalue weighted by Crippen LogP contribution is 2.14. The van der Waals surface area contributed by atoms with Crippen LogP contribution < -0.4 is 0 Å². The first-order valence-corrected chi connectivity index (χ1v) is 6.06. The lowest BCUT2D eigenvalue weighted by atomic mass is 10.2. The number of rotatable bonds is 5. The first-order chi connectivity index (χ1) is 8.01. The van der Waals surface area contributed by atoms with Gasteiger partial charge >= 0.3 is 0 Å². The summed E-state index contributed by atoms with van der Waals surface area (Å²) in [6, 6.07) is 10.1. The maximum absolute atomic E-state index is 5.75. The molecular weight excluding hydrogens is 212 g/mol. The Labute approximate surface area is 104 Å². The molecular formula is C15H22O2. The van der Waals surface area contributed by atoms with E-state index in [9.17, 15) is 0 Å². The highest BCUT2D eigenvalue weighted by atomic mass is 16.7. The molecule has 1 aromatic carbocycles. The second-order valence-electron chi connectivity index (χ2n) is 4.92. The van der Waals surface area contributed by atoms with E-state index in [0.29, 0.717) is 0 Å². The monoisotopic (exact) mass is 234 g/mol. The van der Waals surface area contributed by atoms with Gasteiger partial charge in [-0.25, -0.2) is 0 Å². The van der Waals surface area contributed by atoms with Crippen LogP contribution in [0.4, 0.5) is 0 Å². The van der Waals surface area contributed by atoms with Crippen molar-refractivity contribution in [2.45, 2.75) is 46.0 Å². The zero-order valence-electron chi connectivity index (χ0n) is 11.1. The smallest absolute Gasteiger partial charge is 0.199 e. The van der Waals surface area contributed by atoms with Crippen LogP contribution in [0, 0.1) is 0 Å². The Hall–Kier alpha value is -1.28. The first-order valence-electron chi connectivity index (χ1n) is 6.06. The fourth-order valence-corrected chi connectivity index (χ4v) is 1.37. The SMILES string of the molecule is CCC(OC=Cc1ccccc1)OC(C)(C)C. The first kappa shape index (κ1) is 13.8. The van der Waals surface area contributed by atoms with Crippen LogP contribution >= 0.6 is 0 Å². The van der Waals surface area contributed by atoms with Gasteiger partial charge in [-0.15, -0.1) is 0 Å². The Morgan fingerprint density at radius 2 is 1.82 bits per heavy atom. The number of benzene rings is 1. The van der Waals surface area contributed by atoms with Gasteiger partial charge in [-0.1, -0.05) is 37.3 Å². The van der Waals surface area contributed by atoms with Gasteiger partial charge in [-0.2, -0.15) is 0 Å². The quantitative estimate of drug-likeness (QED) is 0.561. The summed E-state index contributed by atoms with van der Waals surface area (Å²) in [7, 11) is 0. The van der Waals surface area contributed by atoms with Gasteiger partial charge in [0.2, 0.25) is 0 Å². The Kier molecular flexibility index (Phi) is 5.23. The van der Waals surface area contributed by atoms with E-state index in [0.717, 1.165) is 12.0 Å². The Bertz CT molecular complexity index is 336. The van der Waals surface area contributed by atoms with Crippen LogP contribution in [0.15, 0.2) is 36.6 Å². The van der Waals surface area contributed by atoms with Crippen molar-refractivity contribution in [3.05, 3.63) is 42.2 Å². The number of ether oxygens (including phenoxy) is 2. The highest BCUT2D eigenvalue weighted by Gasteiger charge is 2.17. The van der Waals surface area contributed by atoms with E-state index in [4.69, 9.17) is 9.47 Å². The molecule has 94 valence electrons. The van der Waals surface area contributed by atoms with Crippen LogP contribution in [0.5, 0.6) is 0 Å². The van der Waals surface area contributed by atoms with Gasteiger partial charge in [0.1, 0.15) is 0 Å². The van der Waals surface area contributed by atoms with Crippen molar-refractivity contribution in [1.82, 2.24) is 0 Å². The van der Waals surface area contributed by atoms with Crippen LogP contribution in [-0.2, 0) is 9.47 Å². The molecule has 0 radical (unpaired) electrons. The molecule has 0 N–H and O–H groups in total. The zero-order valence-corrected chi connectivity index (χ0v) is 11.1. The molecule has 0 aromatic heterocycles. The summed E-state index contributed by atoms with van der Waals surface area (Å²) < 4.78 is 11.3. The molecule has 1 aromatic rings. The van der Waals surface area contributed by atoms with E-state index >= 15 is 0 Å². The normalized spacial score (nSPS) is 13.9. The highest BCUT2D eigenvalue weighted by molar-refractivity contribution is 5.47.